The van der Waals surface area contributed by atoms with Gasteiger partial charge < -0.3 is 4.90 Å². The summed E-state index contributed by atoms with van der Waals surface area (Å²) in [5, 5.41) is 1.28. The van der Waals surface area contributed by atoms with Crippen molar-refractivity contribution in [2.45, 2.75) is 12.8 Å². The number of aromatic nitrogens is 4. The van der Waals surface area contributed by atoms with E-state index in [-0.39, 0.29) is 0 Å². The highest BCUT2D eigenvalue weighted by Gasteiger charge is 2.25. The standard InChI is InChI=1S/C16H19BrN6O2S/c17-14-12-20-16(21-13-14)22-7-9-23(10-8-22)26(24,25)11-2-1-4-15-18-5-3-6-19-15/h2-3,5-6,11-13H,1,4,7-10H2. The Morgan fingerprint density at radius 1 is 1.04 bits per heavy atom. The van der Waals surface area contributed by atoms with Crippen LogP contribution in [-0.4, -0.2) is 58.8 Å². The summed E-state index contributed by atoms with van der Waals surface area (Å²) in [6.45, 7) is 1.95. The van der Waals surface area contributed by atoms with Crippen LogP contribution in [0.1, 0.15) is 12.2 Å². The number of nitrogens with zero attached hydrogens (tertiary/aromatic N) is 6. The van der Waals surface area contributed by atoms with Gasteiger partial charge in [0.2, 0.25) is 16.0 Å². The summed E-state index contributed by atoms with van der Waals surface area (Å²) in [7, 11) is -3.41. The fourth-order valence-electron chi connectivity index (χ4n) is 2.56. The average molecular weight is 439 g/mol. The third-order valence-electron chi connectivity index (χ3n) is 3.91. The predicted molar refractivity (Wildman–Crippen MR) is 102 cm³/mol. The molecule has 1 aliphatic rings. The number of sulfonamides is 1. The average Bonchev–Trinajstić information content (AvgIpc) is 2.67. The molecule has 0 spiro atoms. The molecule has 0 atom stereocenters. The summed E-state index contributed by atoms with van der Waals surface area (Å²) >= 11 is 3.30. The molecule has 2 aromatic rings. The van der Waals surface area contributed by atoms with Crippen molar-refractivity contribution in [3.8, 4) is 0 Å². The summed E-state index contributed by atoms with van der Waals surface area (Å²) < 4.78 is 27.2. The predicted octanol–water partition coefficient (Wildman–Crippen LogP) is 1.63. The van der Waals surface area contributed by atoms with Gasteiger partial charge in [-0.1, -0.05) is 6.08 Å². The number of anilines is 1. The van der Waals surface area contributed by atoms with E-state index in [4.69, 9.17) is 0 Å². The molecule has 0 N–H and O–H groups in total. The van der Waals surface area contributed by atoms with Gasteiger partial charge in [0.15, 0.2) is 0 Å². The zero-order valence-electron chi connectivity index (χ0n) is 14.1. The van der Waals surface area contributed by atoms with Crippen molar-refractivity contribution in [3.63, 3.8) is 0 Å². The zero-order valence-corrected chi connectivity index (χ0v) is 16.5. The van der Waals surface area contributed by atoms with Crippen LogP contribution in [0, 0.1) is 0 Å². The Balaban J connectivity index is 1.51. The Morgan fingerprint density at radius 3 is 2.35 bits per heavy atom. The molecule has 8 nitrogen and oxygen atoms in total. The number of hydrogen-bond donors (Lipinski definition) is 0. The van der Waals surface area contributed by atoms with E-state index >= 15 is 0 Å². The molecular weight excluding hydrogens is 420 g/mol. The lowest BCUT2D eigenvalue weighted by Crippen LogP contribution is -2.48. The molecule has 0 radical (unpaired) electrons. The highest BCUT2D eigenvalue weighted by atomic mass is 79.9. The molecule has 10 heteroatoms. The molecule has 0 aliphatic carbocycles. The molecule has 0 saturated carbocycles. The molecule has 0 amide bonds. The first-order valence-corrected chi connectivity index (χ1v) is 10.5. The van der Waals surface area contributed by atoms with Crippen LogP contribution in [-0.2, 0) is 16.4 Å². The van der Waals surface area contributed by atoms with Gasteiger partial charge in [0, 0.05) is 62.8 Å². The minimum absolute atomic E-state index is 0.411. The lowest BCUT2D eigenvalue weighted by atomic mass is 10.3. The van der Waals surface area contributed by atoms with Crippen molar-refractivity contribution < 1.29 is 8.42 Å². The highest BCUT2D eigenvalue weighted by molar-refractivity contribution is 9.10. The Kier molecular flexibility index (Phi) is 6.28. The van der Waals surface area contributed by atoms with Crippen LogP contribution in [0.5, 0.6) is 0 Å². The summed E-state index contributed by atoms with van der Waals surface area (Å²) in [5.74, 6) is 1.32. The lowest BCUT2D eigenvalue weighted by molar-refractivity contribution is 0.387. The number of rotatable bonds is 6. The first kappa shape index (κ1) is 18.9. The number of halogens is 1. The van der Waals surface area contributed by atoms with Crippen LogP contribution >= 0.6 is 15.9 Å². The molecule has 26 heavy (non-hydrogen) atoms. The first-order valence-electron chi connectivity index (χ1n) is 8.20. The van der Waals surface area contributed by atoms with Gasteiger partial charge in [-0.25, -0.2) is 28.4 Å². The van der Waals surface area contributed by atoms with Crippen molar-refractivity contribution >= 4 is 31.9 Å². The van der Waals surface area contributed by atoms with E-state index in [1.807, 2.05) is 4.90 Å². The van der Waals surface area contributed by atoms with Crippen LogP contribution < -0.4 is 4.90 Å². The molecule has 0 bridgehead atoms. The normalized spacial score (nSPS) is 16.3. The van der Waals surface area contributed by atoms with Gasteiger partial charge in [-0.3, -0.25) is 0 Å². The topological polar surface area (TPSA) is 92.2 Å². The molecule has 3 rings (SSSR count). The molecule has 138 valence electrons. The maximum Gasteiger partial charge on any atom is 0.236 e. The summed E-state index contributed by atoms with van der Waals surface area (Å²) in [4.78, 5) is 18.7. The number of piperazine rings is 1. The lowest BCUT2D eigenvalue weighted by Gasteiger charge is -2.33. The van der Waals surface area contributed by atoms with E-state index in [9.17, 15) is 8.42 Å². The number of allylic oxidation sites excluding steroid dienone is 1. The second-order valence-electron chi connectivity index (χ2n) is 5.71. The van der Waals surface area contributed by atoms with E-state index in [0.717, 1.165) is 4.47 Å². The molecule has 3 heterocycles. The SMILES string of the molecule is O=S(=O)(C=CCCc1ncccn1)N1CCN(c2ncc(Br)cn2)CC1. The minimum atomic E-state index is -3.41. The van der Waals surface area contributed by atoms with E-state index in [1.165, 1.54) is 9.71 Å². The van der Waals surface area contributed by atoms with Crippen LogP contribution in [0.2, 0.25) is 0 Å². The van der Waals surface area contributed by atoms with E-state index in [2.05, 4.69) is 35.9 Å². The molecule has 1 fully saturated rings. The van der Waals surface area contributed by atoms with Crippen molar-refractivity contribution in [1.82, 2.24) is 24.2 Å². The monoisotopic (exact) mass is 438 g/mol. The molecular formula is C16H19BrN6O2S. The van der Waals surface area contributed by atoms with Gasteiger partial charge in [0.25, 0.3) is 0 Å². The Morgan fingerprint density at radius 2 is 1.69 bits per heavy atom. The largest absolute Gasteiger partial charge is 0.338 e. The van der Waals surface area contributed by atoms with Crippen molar-refractivity contribution in [2.24, 2.45) is 0 Å². The van der Waals surface area contributed by atoms with Crippen LogP contribution in [0.15, 0.2) is 46.8 Å². The summed E-state index contributed by atoms with van der Waals surface area (Å²) in [5.41, 5.74) is 0. The molecule has 1 saturated heterocycles. The van der Waals surface area contributed by atoms with Crippen LogP contribution in [0.4, 0.5) is 5.95 Å². The van der Waals surface area contributed by atoms with E-state index in [1.54, 1.807) is 36.9 Å². The van der Waals surface area contributed by atoms with Crippen molar-refractivity contribution in [2.75, 3.05) is 31.1 Å². The Labute approximate surface area is 161 Å². The van der Waals surface area contributed by atoms with Crippen LogP contribution in [0.25, 0.3) is 0 Å². The van der Waals surface area contributed by atoms with Gasteiger partial charge >= 0.3 is 0 Å². The second kappa shape index (κ2) is 8.65. The summed E-state index contributed by atoms with van der Waals surface area (Å²) in [6, 6.07) is 1.75. The third-order valence-corrected chi connectivity index (χ3v) is 5.94. The molecule has 0 aromatic carbocycles. The number of hydrogen-bond acceptors (Lipinski definition) is 7. The quantitative estimate of drug-likeness (QED) is 0.676. The van der Waals surface area contributed by atoms with E-state index in [0.29, 0.717) is 50.8 Å². The first-order chi connectivity index (χ1) is 12.5. The van der Waals surface area contributed by atoms with E-state index < -0.39 is 10.0 Å². The van der Waals surface area contributed by atoms with Gasteiger partial charge in [0.1, 0.15) is 5.82 Å². The number of aryl methyl sites for hydroxylation is 1. The zero-order chi connectivity index (χ0) is 18.4. The Hall–Kier alpha value is -1.91. The van der Waals surface area contributed by atoms with Crippen LogP contribution in [0.3, 0.4) is 0 Å². The summed E-state index contributed by atoms with van der Waals surface area (Å²) in [6.07, 6.45) is 9.58. The molecule has 2 aromatic heterocycles. The van der Waals surface area contributed by atoms with Gasteiger partial charge in [-0.05, 0) is 28.4 Å². The molecule has 1 aliphatic heterocycles. The maximum atomic E-state index is 12.4. The Bertz CT molecular complexity index is 837. The highest BCUT2D eigenvalue weighted by Crippen LogP contribution is 2.15. The molecule has 0 unspecified atom stereocenters. The maximum absolute atomic E-state index is 12.4. The van der Waals surface area contributed by atoms with Gasteiger partial charge in [-0.15, -0.1) is 0 Å². The van der Waals surface area contributed by atoms with Gasteiger partial charge in [0.05, 0.1) is 4.47 Å². The fourth-order valence-corrected chi connectivity index (χ4v) is 3.99. The fraction of sp³-hybridized carbons (Fsp3) is 0.375. The van der Waals surface area contributed by atoms with Crippen molar-refractivity contribution in [1.29, 1.82) is 0 Å². The minimum Gasteiger partial charge on any atom is -0.338 e. The third kappa shape index (κ3) is 5.05. The van der Waals surface area contributed by atoms with Gasteiger partial charge in [-0.2, -0.15) is 4.31 Å². The second-order valence-corrected chi connectivity index (χ2v) is 8.44. The smallest absolute Gasteiger partial charge is 0.236 e. The van der Waals surface area contributed by atoms with Crippen molar-refractivity contribution in [3.05, 3.63) is 52.6 Å².